The molecule has 19 heavy (non-hydrogen) atoms. The minimum absolute atomic E-state index is 0.209. The van der Waals surface area contributed by atoms with Crippen LogP contribution in [-0.2, 0) is 11.3 Å². The van der Waals surface area contributed by atoms with Crippen LogP contribution < -0.4 is 4.74 Å². The molecule has 6 nitrogen and oxygen atoms in total. The van der Waals surface area contributed by atoms with Crippen LogP contribution >= 0.6 is 0 Å². The van der Waals surface area contributed by atoms with E-state index in [1.165, 1.54) is 0 Å². The van der Waals surface area contributed by atoms with Crippen LogP contribution in [0.1, 0.15) is 26.3 Å². The lowest BCUT2D eigenvalue weighted by molar-refractivity contribution is -0.150. The lowest BCUT2D eigenvalue weighted by atomic mass is 9.89. The van der Waals surface area contributed by atoms with E-state index >= 15 is 0 Å². The molecule has 1 aromatic rings. The largest absolute Gasteiger partial charge is 0.478 e. The second kappa shape index (κ2) is 6.11. The summed E-state index contributed by atoms with van der Waals surface area (Å²) in [6.07, 6.45) is -0.942. The highest BCUT2D eigenvalue weighted by Crippen LogP contribution is 2.25. The molecule has 0 amide bonds. The van der Waals surface area contributed by atoms with Crippen molar-refractivity contribution in [2.24, 2.45) is 10.5 Å². The maximum atomic E-state index is 11.2. The zero-order valence-corrected chi connectivity index (χ0v) is 11.2. The molecule has 0 heterocycles. The Hall–Kier alpha value is -2.20. The predicted octanol–water partition coefficient (Wildman–Crippen LogP) is 3.38. The molecule has 0 fully saturated rings. The molecular weight excluding hydrogens is 246 g/mol. The van der Waals surface area contributed by atoms with Crippen molar-refractivity contribution in [1.82, 2.24) is 0 Å². The number of hydrogen-bond donors (Lipinski definition) is 1. The SMILES string of the molecule is CC(C)(C)C(Oc1cccc(CN=[N+]=[N-])c1)C(=O)O. The second-order valence-electron chi connectivity index (χ2n) is 5.24. The van der Waals surface area contributed by atoms with Crippen LogP contribution in [0.4, 0.5) is 0 Å². The van der Waals surface area contributed by atoms with E-state index in [1.807, 2.05) is 0 Å². The third kappa shape index (κ3) is 4.52. The molecular formula is C13H17N3O3. The quantitative estimate of drug-likeness (QED) is 0.501. The summed E-state index contributed by atoms with van der Waals surface area (Å²) in [6.45, 7) is 5.61. The van der Waals surface area contributed by atoms with Gasteiger partial charge in [0.15, 0.2) is 6.10 Å². The van der Waals surface area contributed by atoms with Crippen molar-refractivity contribution in [3.63, 3.8) is 0 Å². The first kappa shape index (κ1) is 14.9. The number of carbonyl (C=O) groups is 1. The van der Waals surface area contributed by atoms with Crippen molar-refractivity contribution in [2.75, 3.05) is 0 Å². The minimum atomic E-state index is -1.01. The Bertz CT molecular complexity index is 502. The molecule has 0 spiro atoms. The highest BCUT2D eigenvalue weighted by atomic mass is 16.5. The minimum Gasteiger partial charge on any atom is -0.478 e. The van der Waals surface area contributed by atoms with E-state index in [1.54, 1.807) is 45.0 Å². The fraction of sp³-hybridized carbons (Fsp3) is 0.462. The van der Waals surface area contributed by atoms with Crippen LogP contribution in [0, 0.1) is 5.41 Å². The molecule has 1 N–H and O–H groups in total. The maximum absolute atomic E-state index is 11.2. The lowest BCUT2D eigenvalue weighted by Crippen LogP contribution is -2.39. The van der Waals surface area contributed by atoms with E-state index in [0.717, 1.165) is 5.56 Å². The van der Waals surface area contributed by atoms with Crippen molar-refractivity contribution in [1.29, 1.82) is 0 Å². The van der Waals surface area contributed by atoms with Crippen molar-refractivity contribution < 1.29 is 14.6 Å². The zero-order chi connectivity index (χ0) is 14.5. The molecule has 0 radical (unpaired) electrons. The van der Waals surface area contributed by atoms with Gasteiger partial charge in [0.1, 0.15) is 5.75 Å². The van der Waals surface area contributed by atoms with Gasteiger partial charge in [-0.2, -0.15) is 0 Å². The standard InChI is InChI=1S/C13H17N3O3/c1-13(2,3)11(12(17)18)19-10-6-4-5-9(7-10)8-15-16-14/h4-7,11H,8H2,1-3H3,(H,17,18). The number of azide groups is 1. The normalized spacial score (nSPS) is 12.4. The molecule has 0 saturated carbocycles. The van der Waals surface area contributed by atoms with Crippen molar-refractivity contribution in [2.45, 2.75) is 33.4 Å². The van der Waals surface area contributed by atoms with Crippen molar-refractivity contribution in [3.05, 3.63) is 40.3 Å². The molecule has 0 aliphatic rings. The molecule has 1 unspecified atom stereocenters. The predicted molar refractivity (Wildman–Crippen MR) is 70.8 cm³/mol. The number of ether oxygens (including phenoxy) is 1. The summed E-state index contributed by atoms with van der Waals surface area (Å²) >= 11 is 0. The van der Waals surface area contributed by atoms with Crippen LogP contribution in [0.5, 0.6) is 5.75 Å². The zero-order valence-electron chi connectivity index (χ0n) is 11.2. The van der Waals surface area contributed by atoms with Gasteiger partial charge >= 0.3 is 5.97 Å². The summed E-state index contributed by atoms with van der Waals surface area (Å²) in [4.78, 5) is 13.9. The first-order valence-electron chi connectivity index (χ1n) is 5.84. The third-order valence-corrected chi connectivity index (χ3v) is 2.48. The number of aliphatic carboxylic acids is 1. The van der Waals surface area contributed by atoms with Crippen molar-refractivity contribution >= 4 is 5.97 Å². The van der Waals surface area contributed by atoms with Gasteiger partial charge in [0, 0.05) is 10.3 Å². The average Bonchev–Trinajstić information content (AvgIpc) is 2.32. The number of benzene rings is 1. The Kier molecular flexibility index (Phi) is 4.78. The number of rotatable bonds is 5. The fourth-order valence-corrected chi connectivity index (χ4v) is 1.56. The van der Waals surface area contributed by atoms with Gasteiger partial charge in [-0.25, -0.2) is 4.79 Å². The van der Waals surface area contributed by atoms with E-state index in [0.29, 0.717) is 5.75 Å². The van der Waals surface area contributed by atoms with E-state index in [9.17, 15) is 9.90 Å². The Morgan fingerprint density at radius 2 is 2.21 bits per heavy atom. The molecule has 6 heteroatoms. The molecule has 0 saturated heterocycles. The monoisotopic (exact) mass is 263 g/mol. The van der Waals surface area contributed by atoms with Crippen LogP contribution in [0.15, 0.2) is 29.4 Å². The molecule has 1 rings (SSSR count). The molecule has 1 atom stereocenters. The van der Waals surface area contributed by atoms with Gasteiger partial charge in [0.05, 0.1) is 6.54 Å². The lowest BCUT2D eigenvalue weighted by Gasteiger charge is -2.27. The van der Waals surface area contributed by atoms with Gasteiger partial charge in [-0.15, -0.1) is 0 Å². The Labute approximate surface area is 111 Å². The second-order valence-corrected chi connectivity index (χ2v) is 5.24. The van der Waals surface area contributed by atoms with Crippen LogP contribution in [0.2, 0.25) is 0 Å². The number of carboxylic acid groups (broad SMARTS) is 1. The average molecular weight is 263 g/mol. The Balaban J connectivity index is 2.91. The van der Waals surface area contributed by atoms with Crippen LogP contribution in [-0.4, -0.2) is 17.2 Å². The number of carboxylic acids is 1. The summed E-state index contributed by atoms with van der Waals surface area (Å²) in [5.41, 5.74) is 8.52. The molecule has 0 aliphatic carbocycles. The van der Waals surface area contributed by atoms with E-state index < -0.39 is 17.5 Å². The number of hydrogen-bond acceptors (Lipinski definition) is 3. The summed E-state index contributed by atoms with van der Waals surface area (Å²) in [7, 11) is 0. The summed E-state index contributed by atoms with van der Waals surface area (Å²) in [5.74, 6) is -0.555. The van der Waals surface area contributed by atoms with Crippen LogP contribution in [0.3, 0.4) is 0 Å². The van der Waals surface area contributed by atoms with Gasteiger partial charge in [-0.3, -0.25) is 0 Å². The van der Waals surface area contributed by atoms with Gasteiger partial charge in [0.2, 0.25) is 0 Å². The molecule has 1 aromatic carbocycles. The smallest absolute Gasteiger partial charge is 0.345 e. The number of nitrogens with zero attached hydrogens (tertiary/aromatic N) is 3. The highest BCUT2D eigenvalue weighted by Gasteiger charge is 2.33. The summed E-state index contributed by atoms with van der Waals surface area (Å²) in [5, 5.41) is 12.6. The van der Waals surface area contributed by atoms with E-state index in [4.69, 9.17) is 10.3 Å². The third-order valence-electron chi connectivity index (χ3n) is 2.48. The van der Waals surface area contributed by atoms with Gasteiger partial charge < -0.3 is 9.84 Å². The Morgan fingerprint density at radius 3 is 2.74 bits per heavy atom. The van der Waals surface area contributed by atoms with Gasteiger partial charge in [-0.05, 0) is 23.2 Å². The maximum Gasteiger partial charge on any atom is 0.345 e. The topological polar surface area (TPSA) is 95.3 Å². The molecule has 0 aromatic heterocycles. The van der Waals surface area contributed by atoms with Gasteiger partial charge in [-0.1, -0.05) is 38.0 Å². The molecule has 0 bridgehead atoms. The first-order valence-corrected chi connectivity index (χ1v) is 5.84. The highest BCUT2D eigenvalue weighted by molar-refractivity contribution is 5.73. The summed E-state index contributed by atoms with van der Waals surface area (Å²) < 4.78 is 5.53. The van der Waals surface area contributed by atoms with Crippen LogP contribution in [0.25, 0.3) is 10.4 Å². The van der Waals surface area contributed by atoms with Crippen molar-refractivity contribution in [3.8, 4) is 5.75 Å². The summed E-state index contributed by atoms with van der Waals surface area (Å²) in [6, 6.07) is 6.88. The molecule has 102 valence electrons. The fourth-order valence-electron chi connectivity index (χ4n) is 1.56. The van der Waals surface area contributed by atoms with E-state index in [2.05, 4.69) is 10.0 Å². The Morgan fingerprint density at radius 1 is 1.53 bits per heavy atom. The first-order chi connectivity index (χ1) is 8.84. The van der Waals surface area contributed by atoms with Gasteiger partial charge in [0.25, 0.3) is 0 Å². The molecule has 0 aliphatic heterocycles. The van der Waals surface area contributed by atoms with E-state index in [-0.39, 0.29) is 6.54 Å².